The molecule has 3 rings (SSSR count). The van der Waals surface area contributed by atoms with Crippen LogP contribution in [0.1, 0.15) is 17.5 Å². The number of fused-ring (bicyclic) bond motifs is 1. The first kappa shape index (κ1) is 16.1. The largest absolute Gasteiger partial charge is 0.322 e. The lowest BCUT2D eigenvalue weighted by molar-refractivity contribution is -0.121. The quantitative estimate of drug-likeness (QED) is 0.939. The number of nitrogens with zero attached hydrogens (tertiary/aromatic N) is 1. The third kappa shape index (κ3) is 3.13. The summed E-state index contributed by atoms with van der Waals surface area (Å²) in [5.41, 5.74) is 1.65. The maximum Gasteiger partial charge on any atom is 0.244 e. The normalized spacial score (nSPS) is 13.6. The van der Waals surface area contributed by atoms with Crippen LogP contribution in [0, 0.1) is 18.6 Å². The molecule has 0 unspecified atom stereocenters. The lowest BCUT2D eigenvalue weighted by atomic mass is 10.0. The fourth-order valence-electron chi connectivity index (χ4n) is 2.80. The summed E-state index contributed by atoms with van der Waals surface area (Å²) < 4.78 is 27.8. The lowest BCUT2D eigenvalue weighted by Crippen LogP contribution is -2.41. The Kier molecular flexibility index (Phi) is 4.29. The zero-order valence-electron chi connectivity index (χ0n) is 13.1. The Morgan fingerprint density at radius 3 is 2.75 bits per heavy atom. The molecule has 0 atom stereocenters. The molecule has 0 saturated heterocycles. The Morgan fingerprint density at radius 1 is 1.17 bits per heavy atom. The van der Waals surface area contributed by atoms with Crippen LogP contribution in [0.5, 0.6) is 0 Å². The van der Waals surface area contributed by atoms with Gasteiger partial charge < -0.3 is 5.32 Å². The summed E-state index contributed by atoms with van der Waals surface area (Å²) in [4.78, 5) is 25.5. The Labute approximate surface area is 138 Å². The maximum absolute atomic E-state index is 14.1. The van der Waals surface area contributed by atoms with Gasteiger partial charge in [0.25, 0.3) is 0 Å². The van der Waals surface area contributed by atoms with Gasteiger partial charge in [0.15, 0.2) is 0 Å². The van der Waals surface area contributed by atoms with Gasteiger partial charge in [0.2, 0.25) is 11.8 Å². The van der Waals surface area contributed by atoms with Gasteiger partial charge in [-0.2, -0.15) is 0 Å². The second kappa shape index (κ2) is 6.39. The zero-order valence-corrected chi connectivity index (χ0v) is 13.1. The molecule has 0 spiro atoms. The van der Waals surface area contributed by atoms with Gasteiger partial charge in [-0.3, -0.25) is 14.5 Å². The van der Waals surface area contributed by atoms with Gasteiger partial charge in [-0.25, -0.2) is 8.78 Å². The van der Waals surface area contributed by atoms with Crippen LogP contribution in [0.3, 0.4) is 0 Å². The Hall–Kier alpha value is -2.76. The van der Waals surface area contributed by atoms with E-state index in [9.17, 15) is 18.4 Å². The van der Waals surface area contributed by atoms with Crippen molar-refractivity contribution in [2.45, 2.75) is 19.8 Å². The lowest BCUT2D eigenvalue weighted by Gasteiger charge is -2.29. The molecule has 0 bridgehead atoms. The zero-order chi connectivity index (χ0) is 17.3. The number of halogens is 2. The van der Waals surface area contributed by atoms with Crippen molar-refractivity contribution in [2.24, 2.45) is 0 Å². The van der Waals surface area contributed by atoms with Crippen molar-refractivity contribution < 1.29 is 18.4 Å². The van der Waals surface area contributed by atoms with Gasteiger partial charge >= 0.3 is 0 Å². The second-order valence-corrected chi connectivity index (χ2v) is 5.76. The van der Waals surface area contributed by atoms with Crippen molar-refractivity contribution in [3.63, 3.8) is 0 Å². The Bertz CT molecular complexity index is 821. The number of hydrogen-bond acceptors (Lipinski definition) is 2. The summed E-state index contributed by atoms with van der Waals surface area (Å²) in [6.07, 6.45) is 0.652. The van der Waals surface area contributed by atoms with Crippen LogP contribution in [0.4, 0.5) is 20.2 Å². The summed E-state index contributed by atoms with van der Waals surface area (Å²) in [5.74, 6) is -2.02. The van der Waals surface area contributed by atoms with Crippen molar-refractivity contribution in [3.05, 3.63) is 59.2 Å². The predicted octanol–water partition coefficient (Wildman–Crippen LogP) is 3.19. The van der Waals surface area contributed by atoms with Gasteiger partial charge in [0, 0.05) is 6.42 Å². The number of carbonyl (C=O) groups excluding carboxylic acids is 2. The molecule has 124 valence electrons. The number of para-hydroxylation sites is 1. The van der Waals surface area contributed by atoms with E-state index in [-0.39, 0.29) is 30.2 Å². The number of hydrogen-bond donors (Lipinski definition) is 1. The topological polar surface area (TPSA) is 49.4 Å². The van der Waals surface area contributed by atoms with Crippen molar-refractivity contribution in [1.82, 2.24) is 0 Å². The molecule has 1 heterocycles. The minimum absolute atomic E-state index is 0.0400. The van der Waals surface area contributed by atoms with E-state index in [4.69, 9.17) is 0 Å². The van der Waals surface area contributed by atoms with E-state index in [1.54, 1.807) is 25.1 Å². The summed E-state index contributed by atoms with van der Waals surface area (Å²) in [6, 6.07) is 8.90. The van der Waals surface area contributed by atoms with Crippen LogP contribution >= 0.6 is 0 Å². The monoisotopic (exact) mass is 330 g/mol. The molecule has 1 aliphatic heterocycles. The SMILES string of the molecule is Cc1ccc(F)c(NC(=O)CN2C(=O)CCc3cccc(F)c32)c1. The van der Waals surface area contributed by atoms with Crippen LogP contribution in [-0.4, -0.2) is 18.4 Å². The minimum Gasteiger partial charge on any atom is -0.322 e. The first-order chi connectivity index (χ1) is 11.5. The number of rotatable bonds is 3. The molecular formula is C18H16F2N2O2. The fraction of sp³-hybridized carbons (Fsp3) is 0.222. The summed E-state index contributed by atoms with van der Waals surface area (Å²) in [5, 5.41) is 2.44. The maximum atomic E-state index is 14.1. The summed E-state index contributed by atoms with van der Waals surface area (Å²) in [7, 11) is 0. The fourth-order valence-corrected chi connectivity index (χ4v) is 2.80. The van der Waals surface area contributed by atoms with Crippen LogP contribution in [0.25, 0.3) is 0 Å². The van der Waals surface area contributed by atoms with Gasteiger partial charge in [0.05, 0.1) is 11.4 Å². The Morgan fingerprint density at radius 2 is 1.96 bits per heavy atom. The van der Waals surface area contributed by atoms with Crippen LogP contribution < -0.4 is 10.2 Å². The third-order valence-electron chi connectivity index (χ3n) is 3.95. The van der Waals surface area contributed by atoms with E-state index in [2.05, 4.69) is 5.32 Å². The van der Waals surface area contributed by atoms with E-state index in [1.807, 2.05) is 0 Å². The average molecular weight is 330 g/mol. The van der Waals surface area contributed by atoms with Gasteiger partial charge in [-0.05, 0) is 42.7 Å². The molecule has 24 heavy (non-hydrogen) atoms. The first-order valence-electron chi connectivity index (χ1n) is 7.59. The van der Waals surface area contributed by atoms with E-state index < -0.39 is 17.5 Å². The minimum atomic E-state index is -0.580. The standard InChI is InChI=1S/C18H16F2N2O2/c1-11-5-7-13(19)15(9-11)21-16(23)10-22-17(24)8-6-12-3-2-4-14(20)18(12)22/h2-5,7,9H,6,8,10H2,1H3,(H,21,23). The van der Waals surface area contributed by atoms with Gasteiger partial charge in [0.1, 0.15) is 18.2 Å². The van der Waals surface area contributed by atoms with Crippen LogP contribution in [-0.2, 0) is 16.0 Å². The molecule has 0 aromatic heterocycles. The average Bonchev–Trinajstić information content (AvgIpc) is 2.54. The van der Waals surface area contributed by atoms with Gasteiger partial charge in [-0.1, -0.05) is 18.2 Å². The Balaban J connectivity index is 1.82. The molecule has 0 saturated carbocycles. The number of carbonyl (C=O) groups is 2. The van der Waals surface area contributed by atoms with Crippen LogP contribution in [0.2, 0.25) is 0 Å². The first-order valence-corrected chi connectivity index (χ1v) is 7.59. The van der Waals surface area contributed by atoms with E-state index in [0.29, 0.717) is 12.0 Å². The van der Waals surface area contributed by atoms with Crippen LogP contribution in [0.15, 0.2) is 36.4 Å². The predicted molar refractivity (Wildman–Crippen MR) is 86.8 cm³/mol. The van der Waals surface area contributed by atoms with E-state index in [1.165, 1.54) is 18.2 Å². The third-order valence-corrected chi connectivity index (χ3v) is 3.95. The summed E-state index contributed by atoms with van der Waals surface area (Å²) >= 11 is 0. The number of anilines is 2. The van der Waals surface area contributed by atoms with Crippen molar-refractivity contribution >= 4 is 23.2 Å². The van der Waals surface area contributed by atoms with Crippen molar-refractivity contribution in [2.75, 3.05) is 16.8 Å². The van der Waals surface area contributed by atoms with Crippen molar-refractivity contribution in [1.29, 1.82) is 0 Å². The highest BCUT2D eigenvalue weighted by atomic mass is 19.1. The number of benzene rings is 2. The molecule has 0 radical (unpaired) electrons. The van der Waals surface area contributed by atoms with E-state index in [0.717, 1.165) is 10.5 Å². The molecule has 0 fully saturated rings. The molecule has 2 aromatic rings. The molecule has 6 heteroatoms. The number of aryl methyl sites for hydroxylation is 2. The molecule has 1 aliphatic rings. The highest BCUT2D eigenvalue weighted by molar-refractivity contribution is 6.04. The highest BCUT2D eigenvalue weighted by Crippen LogP contribution is 2.30. The highest BCUT2D eigenvalue weighted by Gasteiger charge is 2.28. The second-order valence-electron chi connectivity index (χ2n) is 5.76. The molecule has 4 nitrogen and oxygen atoms in total. The van der Waals surface area contributed by atoms with Gasteiger partial charge in [-0.15, -0.1) is 0 Å². The number of nitrogens with one attached hydrogen (secondary N) is 1. The molecule has 2 aromatic carbocycles. The smallest absolute Gasteiger partial charge is 0.244 e. The van der Waals surface area contributed by atoms with Crippen molar-refractivity contribution in [3.8, 4) is 0 Å². The number of amides is 2. The molecule has 0 aliphatic carbocycles. The molecule has 2 amide bonds. The molecule has 1 N–H and O–H groups in total. The van der Waals surface area contributed by atoms with E-state index >= 15 is 0 Å². The molecular weight excluding hydrogens is 314 g/mol. The summed E-state index contributed by atoms with van der Waals surface area (Å²) in [6.45, 7) is 1.41.